The lowest BCUT2D eigenvalue weighted by atomic mass is 9.56. The average Bonchev–Trinajstić information content (AvgIpc) is 2.59. The fourth-order valence-electron chi connectivity index (χ4n) is 4.63. The third-order valence-electron chi connectivity index (χ3n) is 5.62. The first-order valence-electron chi connectivity index (χ1n) is 8.44. The summed E-state index contributed by atoms with van der Waals surface area (Å²) in [5, 5.41) is 33.6. The van der Waals surface area contributed by atoms with Gasteiger partial charge in [0, 0.05) is 27.4 Å². The predicted molar refractivity (Wildman–Crippen MR) is 92.0 cm³/mol. The normalized spacial score (nSPS) is 29.0. The van der Waals surface area contributed by atoms with E-state index in [1.165, 1.54) is 24.3 Å². The predicted octanol–water partition coefficient (Wildman–Crippen LogP) is 0.366. The standard InChI is InChI=1S/C17H17N3O8/c1-10(21)6-13-16(19(25)26)8-18(7-14(22)23)9-17(13,20(27)28)15(24)11-4-2-3-5-12(11)16/h2-5,13H,6-9H2,1H3,(H,22,23)/t13-,16-,17+/m1/s1. The van der Waals surface area contributed by atoms with Crippen molar-refractivity contribution in [3.8, 4) is 0 Å². The molecule has 11 nitrogen and oxygen atoms in total. The minimum atomic E-state index is -2.49. The molecule has 0 aromatic heterocycles. The third-order valence-corrected chi connectivity index (χ3v) is 5.62. The van der Waals surface area contributed by atoms with E-state index in [0.717, 1.165) is 11.8 Å². The molecular weight excluding hydrogens is 374 g/mol. The van der Waals surface area contributed by atoms with Gasteiger partial charge in [-0.3, -0.25) is 34.7 Å². The van der Waals surface area contributed by atoms with Crippen LogP contribution in [-0.4, -0.2) is 62.6 Å². The van der Waals surface area contributed by atoms with Gasteiger partial charge in [0.1, 0.15) is 11.7 Å². The Balaban J connectivity index is 2.39. The van der Waals surface area contributed by atoms with Crippen LogP contribution in [0.2, 0.25) is 0 Å². The Morgan fingerprint density at radius 3 is 2.29 bits per heavy atom. The van der Waals surface area contributed by atoms with Gasteiger partial charge in [-0.15, -0.1) is 0 Å². The van der Waals surface area contributed by atoms with E-state index in [0.29, 0.717) is 0 Å². The number of nitrogens with zero attached hydrogens (tertiary/aromatic N) is 3. The van der Waals surface area contributed by atoms with E-state index < -0.39 is 70.4 Å². The summed E-state index contributed by atoms with van der Waals surface area (Å²) in [6, 6.07) is 5.56. The zero-order valence-electron chi connectivity index (χ0n) is 14.9. The Morgan fingerprint density at radius 1 is 1.18 bits per heavy atom. The quantitative estimate of drug-likeness (QED) is 0.533. The summed E-state index contributed by atoms with van der Waals surface area (Å²) < 4.78 is 0. The van der Waals surface area contributed by atoms with Gasteiger partial charge >= 0.3 is 11.5 Å². The van der Waals surface area contributed by atoms with Gasteiger partial charge in [0.25, 0.3) is 5.54 Å². The van der Waals surface area contributed by atoms with Crippen LogP contribution in [0.15, 0.2) is 24.3 Å². The number of likely N-dealkylation sites (tertiary alicyclic amines) is 1. The minimum Gasteiger partial charge on any atom is -0.480 e. The summed E-state index contributed by atoms with van der Waals surface area (Å²) in [4.78, 5) is 60.3. The van der Waals surface area contributed by atoms with E-state index >= 15 is 0 Å². The number of benzene rings is 1. The first kappa shape index (κ1) is 19.5. The Kier molecular flexibility index (Phi) is 4.50. The largest absolute Gasteiger partial charge is 0.480 e. The molecule has 1 aliphatic heterocycles. The van der Waals surface area contributed by atoms with Gasteiger partial charge in [0.2, 0.25) is 5.78 Å². The monoisotopic (exact) mass is 391 g/mol. The first-order valence-corrected chi connectivity index (χ1v) is 8.44. The summed E-state index contributed by atoms with van der Waals surface area (Å²) in [5.41, 5.74) is -4.80. The Hall–Kier alpha value is -3.21. The molecule has 1 heterocycles. The van der Waals surface area contributed by atoms with Gasteiger partial charge in [-0.2, -0.15) is 0 Å². The van der Waals surface area contributed by atoms with Crippen LogP contribution in [0.4, 0.5) is 0 Å². The van der Waals surface area contributed by atoms with Crippen LogP contribution in [0, 0.1) is 26.1 Å². The van der Waals surface area contributed by atoms with Gasteiger partial charge in [-0.1, -0.05) is 24.3 Å². The van der Waals surface area contributed by atoms with Crippen molar-refractivity contribution < 1.29 is 29.3 Å². The Labute approximate surface area is 158 Å². The summed E-state index contributed by atoms with van der Waals surface area (Å²) in [7, 11) is 0. The number of rotatable bonds is 6. The molecule has 3 atom stereocenters. The van der Waals surface area contributed by atoms with Crippen molar-refractivity contribution in [2.24, 2.45) is 5.92 Å². The Bertz CT molecular complexity index is 915. The average molecular weight is 391 g/mol. The molecule has 1 N–H and O–H groups in total. The number of fused-ring (bicyclic) bond motifs is 4. The molecule has 1 aromatic carbocycles. The van der Waals surface area contributed by atoms with Gasteiger partial charge in [0.15, 0.2) is 0 Å². The van der Waals surface area contributed by atoms with Crippen LogP contribution in [-0.2, 0) is 15.1 Å². The molecule has 1 aromatic rings. The summed E-state index contributed by atoms with van der Waals surface area (Å²) in [6.07, 6.45) is -0.539. The molecule has 1 aliphatic carbocycles. The number of Topliss-reactive ketones (excluding diaryl/α,β-unsaturated/α-hetero) is 2. The second kappa shape index (κ2) is 6.44. The van der Waals surface area contributed by atoms with Crippen LogP contribution in [0.5, 0.6) is 0 Å². The second-order valence-electron chi connectivity index (χ2n) is 7.24. The number of aliphatic carboxylic acids is 1. The maximum absolute atomic E-state index is 13.2. The molecule has 0 saturated carbocycles. The van der Waals surface area contributed by atoms with Gasteiger partial charge < -0.3 is 9.90 Å². The SMILES string of the molecule is CC(=O)C[C@H]1[C@@]2([N+](=O)[O-])CN(CC(=O)O)C[C@@]1([N+](=O)[O-])c1ccccc1C2=O. The van der Waals surface area contributed by atoms with Crippen LogP contribution < -0.4 is 0 Å². The minimum absolute atomic E-state index is 0.0242. The van der Waals surface area contributed by atoms with Crippen LogP contribution >= 0.6 is 0 Å². The number of nitro groups is 2. The van der Waals surface area contributed by atoms with Crippen molar-refractivity contribution in [1.82, 2.24) is 4.90 Å². The van der Waals surface area contributed by atoms with E-state index in [9.17, 15) is 34.6 Å². The molecule has 2 aliphatic rings. The molecule has 0 spiro atoms. The van der Waals surface area contributed by atoms with Crippen molar-refractivity contribution in [2.75, 3.05) is 19.6 Å². The number of carboxylic acid groups (broad SMARTS) is 1. The van der Waals surface area contributed by atoms with E-state index in [2.05, 4.69) is 0 Å². The third kappa shape index (κ3) is 2.50. The smallest absolute Gasteiger partial charge is 0.317 e. The van der Waals surface area contributed by atoms with Crippen LogP contribution in [0.3, 0.4) is 0 Å². The molecule has 0 radical (unpaired) electrons. The van der Waals surface area contributed by atoms with Crippen LogP contribution in [0.25, 0.3) is 0 Å². The molecule has 1 fully saturated rings. The molecule has 0 unspecified atom stereocenters. The van der Waals surface area contributed by atoms with E-state index in [-0.39, 0.29) is 11.1 Å². The number of carbonyl (C=O) groups is 3. The number of piperidine rings is 1. The lowest BCUT2D eigenvalue weighted by Crippen LogP contribution is -2.75. The molecule has 3 rings (SSSR count). The van der Waals surface area contributed by atoms with Gasteiger partial charge in [-0.25, -0.2) is 0 Å². The van der Waals surface area contributed by atoms with Gasteiger partial charge in [0.05, 0.1) is 19.6 Å². The number of carbonyl (C=O) groups excluding carboxylic acids is 2. The highest BCUT2D eigenvalue weighted by atomic mass is 16.6. The number of carboxylic acids is 1. The van der Waals surface area contributed by atoms with E-state index in [4.69, 9.17) is 5.11 Å². The fraction of sp³-hybridized carbons (Fsp3) is 0.471. The van der Waals surface area contributed by atoms with Gasteiger partial charge in [-0.05, 0) is 6.92 Å². The van der Waals surface area contributed by atoms with Crippen LogP contribution in [0.1, 0.15) is 29.3 Å². The Morgan fingerprint density at radius 2 is 1.75 bits per heavy atom. The van der Waals surface area contributed by atoms with Crippen molar-refractivity contribution in [2.45, 2.75) is 24.4 Å². The fourth-order valence-corrected chi connectivity index (χ4v) is 4.63. The van der Waals surface area contributed by atoms with E-state index in [1.807, 2.05) is 0 Å². The van der Waals surface area contributed by atoms with E-state index in [1.54, 1.807) is 0 Å². The molecular formula is C17H17N3O8. The number of hydrogen-bond donors (Lipinski definition) is 1. The zero-order valence-corrected chi connectivity index (χ0v) is 14.9. The second-order valence-corrected chi connectivity index (χ2v) is 7.24. The molecule has 0 amide bonds. The first-order chi connectivity index (χ1) is 13.1. The summed E-state index contributed by atoms with van der Waals surface area (Å²) in [5.74, 6) is -4.33. The van der Waals surface area contributed by atoms with Crippen molar-refractivity contribution in [1.29, 1.82) is 0 Å². The summed E-state index contributed by atoms with van der Waals surface area (Å²) >= 11 is 0. The van der Waals surface area contributed by atoms with Crippen molar-refractivity contribution >= 4 is 17.5 Å². The molecule has 2 bridgehead atoms. The maximum Gasteiger partial charge on any atom is 0.317 e. The maximum atomic E-state index is 13.2. The lowest BCUT2D eigenvalue weighted by molar-refractivity contribution is -0.640. The highest BCUT2D eigenvalue weighted by Gasteiger charge is 2.77. The highest BCUT2D eigenvalue weighted by molar-refractivity contribution is 6.06. The van der Waals surface area contributed by atoms with Crippen molar-refractivity contribution in [3.63, 3.8) is 0 Å². The lowest BCUT2D eigenvalue weighted by Gasteiger charge is -2.50. The molecule has 28 heavy (non-hydrogen) atoms. The molecule has 148 valence electrons. The van der Waals surface area contributed by atoms with Crippen molar-refractivity contribution in [3.05, 3.63) is 55.6 Å². The number of ketones is 2. The summed E-state index contributed by atoms with van der Waals surface area (Å²) in [6.45, 7) is -0.623. The topological polar surface area (TPSA) is 161 Å². The molecule has 11 heteroatoms. The zero-order chi connectivity index (χ0) is 20.9. The number of hydrogen-bond acceptors (Lipinski definition) is 8. The highest BCUT2D eigenvalue weighted by Crippen LogP contribution is 2.53. The molecule has 1 saturated heterocycles.